The molecule has 0 saturated carbocycles. The molecule has 0 spiro atoms. The summed E-state index contributed by atoms with van der Waals surface area (Å²) in [6.07, 6.45) is 13.1. The maximum atomic E-state index is 8.27. The minimum absolute atomic E-state index is 0. The van der Waals surface area contributed by atoms with Gasteiger partial charge in [0.2, 0.25) is 0 Å². The van der Waals surface area contributed by atoms with Crippen LogP contribution in [-0.2, 0) is 67.7 Å². The van der Waals surface area contributed by atoms with Gasteiger partial charge in [-0.05, 0) is 126 Å². The number of fused-ring (bicyclic) bond motifs is 4. The minimum atomic E-state index is -0.815. The molecule has 6 aromatic rings. The summed E-state index contributed by atoms with van der Waals surface area (Å²) in [5.41, 5.74) is 20.6. The fourth-order valence-corrected chi connectivity index (χ4v) is 8.10. The molecular weight excluding hydrogens is 780 g/mol. The van der Waals surface area contributed by atoms with Gasteiger partial charge in [-0.25, -0.2) is 0 Å². The van der Waals surface area contributed by atoms with Crippen molar-refractivity contribution < 1.29 is 43.4 Å². The summed E-state index contributed by atoms with van der Waals surface area (Å²) in [7, 11) is -0.815. The second-order valence-electron chi connectivity index (χ2n) is 16.6. The molecule has 1 aliphatic heterocycles. The van der Waals surface area contributed by atoms with Gasteiger partial charge in [0.15, 0.2) is 0 Å². The van der Waals surface area contributed by atoms with E-state index in [0.717, 1.165) is 25.7 Å². The summed E-state index contributed by atoms with van der Waals surface area (Å²) in [6.45, 7) is 7.73. The fourth-order valence-electron chi connectivity index (χ4n) is 8.10. The number of rotatable bonds is 4. The van der Waals surface area contributed by atoms with Gasteiger partial charge in [0.1, 0.15) is 0 Å². The largest absolute Gasteiger partial charge is 0.439 e. The van der Waals surface area contributed by atoms with Gasteiger partial charge in [0, 0.05) is 32.7 Å². The van der Waals surface area contributed by atoms with Crippen LogP contribution in [0.2, 0.25) is 0 Å². The Morgan fingerprint density at radius 1 is 0.483 bits per heavy atom. The summed E-state index contributed by atoms with van der Waals surface area (Å²) in [4.78, 5) is 0. The summed E-state index contributed by atoms with van der Waals surface area (Å²) in [5.74, 6) is 0. The Morgan fingerprint density at radius 2 is 0.793 bits per heavy atom. The van der Waals surface area contributed by atoms with Gasteiger partial charge in [0.05, 0.1) is 13.9 Å². The molecular formula is C54H48BO2Y-. The molecule has 1 saturated heterocycles. The smallest absolute Gasteiger partial charge is 0.406 e. The van der Waals surface area contributed by atoms with Crippen molar-refractivity contribution in [2.45, 2.75) is 64.6 Å². The Bertz CT molecular complexity index is 2550. The Morgan fingerprint density at radius 3 is 1.10 bits per heavy atom. The van der Waals surface area contributed by atoms with Crippen LogP contribution in [0.4, 0.5) is 0 Å². The number of hydrogen-bond donors (Lipinski definition) is 0. The van der Waals surface area contributed by atoms with Crippen molar-refractivity contribution in [2.24, 2.45) is 0 Å². The van der Waals surface area contributed by atoms with Crippen LogP contribution in [0.25, 0.3) is 46.6 Å². The van der Waals surface area contributed by atoms with E-state index in [-0.39, 0.29) is 43.9 Å². The molecule has 11 rings (SSSR count). The first-order valence-electron chi connectivity index (χ1n) is 21.1. The Balaban J connectivity index is 0.000000134. The van der Waals surface area contributed by atoms with Crippen molar-refractivity contribution in [1.29, 1.82) is 1.34 Å². The van der Waals surface area contributed by atoms with Gasteiger partial charge in [-0.15, -0.1) is 11.1 Å². The van der Waals surface area contributed by atoms with Crippen molar-refractivity contribution in [3.8, 4) is 0 Å². The molecule has 283 valence electrons. The van der Waals surface area contributed by atoms with Gasteiger partial charge in [-0.1, -0.05) is 151 Å². The van der Waals surface area contributed by atoms with Crippen molar-refractivity contribution in [2.75, 3.05) is 0 Å². The Labute approximate surface area is 373 Å². The Kier molecular flexibility index (Phi) is 11.0. The minimum Gasteiger partial charge on any atom is -0.406 e. The van der Waals surface area contributed by atoms with Crippen molar-refractivity contribution in [1.82, 2.24) is 0 Å². The van der Waals surface area contributed by atoms with Crippen LogP contribution >= 0.6 is 0 Å². The standard InChI is InChI=1S/C24H18.C24H17.C6H13BO2.Y/c2*1-2-7-18-14-23(13-17(18)6-1)21-10-5-11-22(12-21)24-15-19-8-3-4-9-20(19)16-24;1-5(2)6(3,4)9-7-8-5;/h1-13,15H,14,16H2;1-4,6-13,15H,14,16H2;7H,1-4H3;/q;-1;;/i5D;;7D;. The summed E-state index contributed by atoms with van der Waals surface area (Å²) < 4.78 is 25.9. The molecule has 0 amide bonds. The number of allylic oxidation sites excluding steroid dienone is 4. The second-order valence-corrected chi connectivity index (χ2v) is 16.6. The van der Waals surface area contributed by atoms with Gasteiger partial charge < -0.3 is 9.31 Å². The number of benzene rings is 6. The molecule has 1 fully saturated rings. The molecule has 5 aliphatic rings. The number of hydrogen-bond acceptors (Lipinski definition) is 2. The predicted molar refractivity (Wildman–Crippen MR) is 241 cm³/mol. The third-order valence-electron chi connectivity index (χ3n) is 12.3. The van der Waals surface area contributed by atoms with Crippen molar-refractivity contribution >= 4 is 54.2 Å². The quantitative estimate of drug-likeness (QED) is 0.130. The second kappa shape index (κ2) is 16.9. The molecule has 0 N–H and O–H groups in total. The van der Waals surface area contributed by atoms with Crippen LogP contribution in [0, 0.1) is 6.07 Å². The molecule has 58 heavy (non-hydrogen) atoms. The van der Waals surface area contributed by atoms with E-state index in [1.165, 1.54) is 89.1 Å². The van der Waals surface area contributed by atoms with Crippen LogP contribution in [0.5, 0.6) is 0 Å². The third-order valence-corrected chi connectivity index (χ3v) is 12.3. The Hall–Kier alpha value is -4.63. The van der Waals surface area contributed by atoms with Crippen LogP contribution in [0.1, 0.15) is 95.8 Å². The van der Waals surface area contributed by atoms with E-state index in [2.05, 4.69) is 152 Å². The molecule has 0 bridgehead atoms. The first-order chi connectivity index (χ1) is 28.5. The van der Waals surface area contributed by atoms with Crippen LogP contribution in [0.15, 0.2) is 140 Å². The van der Waals surface area contributed by atoms with Crippen LogP contribution in [0.3, 0.4) is 0 Å². The fraction of sp³-hybridized carbons (Fsp3) is 0.185. The van der Waals surface area contributed by atoms with E-state index in [9.17, 15) is 0 Å². The van der Waals surface area contributed by atoms with E-state index >= 15 is 0 Å². The van der Waals surface area contributed by atoms with Gasteiger partial charge in [0.25, 0.3) is 0 Å². The zero-order valence-corrected chi connectivity index (χ0v) is 36.6. The average molecular weight is 831 g/mol. The molecule has 0 unspecified atom stereocenters. The van der Waals surface area contributed by atoms with Crippen molar-refractivity contribution in [3.05, 3.63) is 212 Å². The van der Waals surface area contributed by atoms with E-state index in [1.807, 2.05) is 39.8 Å². The van der Waals surface area contributed by atoms with E-state index in [4.69, 9.17) is 12.0 Å². The monoisotopic (exact) mass is 830 g/mol. The normalized spacial score (nSPS) is 17.6. The summed E-state index contributed by atoms with van der Waals surface area (Å²) >= 11 is 0. The zero-order valence-electron chi connectivity index (χ0n) is 35.8. The maximum Gasteiger partial charge on any atom is 0.439 e. The van der Waals surface area contributed by atoms with E-state index in [0.29, 0.717) is 6.04 Å². The maximum absolute atomic E-state index is 8.27. The summed E-state index contributed by atoms with van der Waals surface area (Å²) in [6, 6.07) is 51.2. The molecule has 0 aromatic heterocycles. The van der Waals surface area contributed by atoms with Gasteiger partial charge in [-0.2, -0.15) is 24.3 Å². The molecule has 2 nitrogen and oxygen atoms in total. The van der Waals surface area contributed by atoms with E-state index < -0.39 is 7.65 Å². The molecule has 1 heterocycles. The van der Waals surface area contributed by atoms with E-state index in [1.54, 1.807) is 0 Å². The molecule has 4 heteroatoms. The molecule has 4 aliphatic carbocycles. The summed E-state index contributed by atoms with van der Waals surface area (Å²) in [5, 5.41) is 0. The van der Waals surface area contributed by atoms with Gasteiger partial charge in [-0.3, -0.25) is 0 Å². The molecule has 6 aromatic carbocycles. The average Bonchev–Trinajstić information content (AvgIpc) is 4.06. The van der Waals surface area contributed by atoms with Crippen LogP contribution in [-0.4, -0.2) is 20.2 Å². The predicted octanol–water partition coefficient (Wildman–Crippen LogP) is 12.4. The third kappa shape index (κ3) is 8.43. The molecule has 0 atom stereocenters. The zero-order chi connectivity index (χ0) is 40.7. The van der Waals surface area contributed by atoms with Crippen molar-refractivity contribution in [3.63, 3.8) is 0 Å². The molecule has 1 radical (unpaired) electrons. The van der Waals surface area contributed by atoms with Crippen LogP contribution < -0.4 is 0 Å². The topological polar surface area (TPSA) is 18.5 Å². The SMILES string of the molecule is [2H]B1OC(C)(C)C(C)(C)O1.[2H]c1cc(C2=Cc3ccccc3C2)cc(C2=Cc3ccccc3C2)c1.[Y].[c-]1cc(C2=Cc3ccccc3C2)cc(C2=Cc3ccccc3C2)c1. The first kappa shape index (κ1) is 37.6. The van der Waals surface area contributed by atoms with Gasteiger partial charge >= 0.3 is 7.65 Å². The first-order valence-corrected chi connectivity index (χ1v) is 20.0.